The Morgan fingerprint density at radius 1 is 0.920 bits per heavy atom. The van der Waals surface area contributed by atoms with Crippen molar-refractivity contribution in [1.29, 1.82) is 0 Å². The van der Waals surface area contributed by atoms with Crippen molar-refractivity contribution in [2.45, 2.75) is 0 Å². The summed E-state index contributed by atoms with van der Waals surface area (Å²) in [5, 5.41) is 9.42. The normalized spacial score (nSPS) is 10.8. The van der Waals surface area contributed by atoms with Gasteiger partial charge >= 0.3 is 5.97 Å². The Balaban J connectivity index is 1.99. The maximum atomic E-state index is 11.5. The lowest BCUT2D eigenvalue weighted by Crippen LogP contribution is -1.99. The van der Waals surface area contributed by atoms with E-state index >= 15 is 0 Å². The van der Waals surface area contributed by atoms with Crippen molar-refractivity contribution >= 4 is 17.9 Å². The van der Waals surface area contributed by atoms with E-state index in [4.69, 9.17) is 4.74 Å². The zero-order valence-corrected chi connectivity index (χ0v) is 13.7. The highest BCUT2D eigenvalue weighted by molar-refractivity contribution is 5.98. The molecule has 0 atom stereocenters. The summed E-state index contributed by atoms with van der Waals surface area (Å²) in [4.78, 5) is 16.0. The van der Waals surface area contributed by atoms with E-state index in [9.17, 15) is 9.90 Å². The second kappa shape index (κ2) is 7.45. The summed E-state index contributed by atoms with van der Waals surface area (Å²) < 4.78 is 5.14. The van der Waals surface area contributed by atoms with Crippen LogP contribution in [0.25, 0.3) is 11.1 Å². The Kier molecular flexibility index (Phi) is 4.90. The van der Waals surface area contributed by atoms with E-state index in [2.05, 4.69) is 4.99 Å². The molecule has 3 aromatic carbocycles. The highest BCUT2D eigenvalue weighted by atomic mass is 16.5. The van der Waals surface area contributed by atoms with Gasteiger partial charge in [0.25, 0.3) is 0 Å². The van der Waals surface area contributed by atoms with Crippen LogP contribution in [-0.2, 0) is 0 Å². The van der Waals surface area contributed by atoms with Crippen LogP contribution in [0.3, 0.4) is 0 Å². The van der Waals surface area contributed by atoms with E-state index in [0.29, 0.717) is 11.3 Å². The maximum Gasteiger partial charge on any atom is 0.336 e. The van der Waals surface area contributed by atoms with Crippen molar-refractivity contribution in [3.05, 3.63) is 83.9 Å². The van der Waals surface area contributed by atoms with Crippen molar-refractivity contribution < 1.29 is 14.6 Å². The fourth-order valence-corrected chi connectivity index (χ4v) is 2.55. The molecule has 4 nitrogen and oxygen atoms in total. The minimum atomic E-state index is -0.954. The van der Waals surface area contributed by atoms with Gasteiger partial charge in [0.05, 0.1) is 18.4 Å². The van der Waals surface area contributed by atoms with Crippen LogP contribution in [0.1, 0.15) is 15.9 Å². The number of carbonyl (C=O) groups is 1. The summed E-state index contributed by atoms with van der Waals surface area (Å²) in [7, 11) is 1.62. The monoisotopic (exact) mass is 331 g/mol. The average molecular weight is 331 g/mol. The summed E-state index contributed by atoms with van der Waals surface area (Å²) in [5.74, 6) is -0.169. The van der Waals surface area contributed by atoms with Crippen molar-refractivity contribution in [1.82, 2.24) is 0 Å². The largest absolute Gasteiger partial charge is 0.497 e. The molecule has 0 unspecified atom stereocenters. The van der Waals surface area contributed by atoms with E-state index in [1.165, 1.54) is 0 Å². The number of carboxylic acids is 1. The molecule has 4 heteroatoms. The standard InChI is InChI=1S/C21H17NO3/c1-25-16-12-10-15(11-13-16)14-22-20-9-5-4-7-18(20)17-6-2-3-8-19(17)21(23)24/h2-14H,1H3,(H,23,24). The zero-order valence-electron chi connectivity index (χ0n) is 13.7. The summed E-state index contributed by atoms with van der Waals surface area (Å²) in [6.45, 7) is 0. The Morgan fingerprint density at radius 3 is 2.24 bits per heavy atom. The minimum absolute atomic E-state index is 0.259. The summed E-state index contributed by atoms with van der Waals surface area (Å²) in [6.07, 6.45) is 1.75. The molecule has 0 aliphatic heterocycles. The van der Waals surface area contributed by atoms with Gasteiger partial charge in [0.1, 0.15) is 5.75 Å². The van der Waals surface area contributed by atoms with Gasteiger partial charge in [0, 0.05) is 11.8 Å². The number of ether oxygens (including phenoxy) is 1. The van der Waals surface area contributed by atoms with E-state index in [0.717, 1.165) is 16.9 Å². The lowest BCUT2D eigenvalue weighted by Gasteiger charge is -2.09. The molecule has 25 heavy (non-hydrogen) atoms. The molecule has 0 saturated heterocycles. The summed E-state index contributed by atoms with van der Waals surface area (Å²) in [5.41, 5.74) is 3.34. The lowest BCUT2D eigenvalue weighted by atomic mass is 9.98. The number of aliphatic imine (C=N–C) groups is 1. The van der Waals surface area contributed by atoms with Gasteiger partial charge in [0.15, 0.2) is 0 Å². The molecule has 124 valence electrons. The van der Waals surface area contributed by atoms with Crippen molar-refractivity contribution in [3.63, 3.8) is 0 Å². The zero-order chi connectivity index (χ0) is 17.6. The van der Waals surface area contributed by atoms with Gasteiger partial charge in [-0.1, -0.05) is 36.4 Å². The molecule has 0 bridgehead atoms. The van der Waals surface area contributed by atoms with Crippen LogP contribution in [0.15, 0.2) is 77.8 Å². The average Bonchev–Trinajstić information content (AvgIpc) is 2.67. The molecule has 0 radical (unpaired) electrons. The Bertz CT molecular complexity index is 914. The number of nitrogens with zero attached hydrogens (tertiary/aromatic N) is 1. The van der Waals surface area contributed by atoms with E-state index in [1.807, 2.05) is 54.6 Å². The minimum Gasteiger partial charge on any atom is -0.497 e. The van der Waals surface area contributed by atoms with Crippen molar-refractivity contribution in [3.8, 4) is 16.9 Å². The molecule has 0 spiro atoms. The number of methoxy groups -OCH3 is 1. The van der Waals surface area contributed by atoms with Crippen LogP contribution in [-0.4, -0.2) is 24.4 Å². The van der Waals surface area contributed by atoms with Gasteiger partial charge in [-0.15, -0.1) is 0 Å². The second-order valence-electron chi connectivity index (χ2n) is 5.40. The summed E-state index contributed by atoms with van der Waals surface area (Å²) >= 11 is 0. The predicted octanol–water partition coefficient (Wildman–Crippen LogP) is 4.81. The van der Waals surface area contributed by atoms with Crippen LogP contribution >= 0.6 is 0 Å². The molecule has 0 aromatic heterocycles. The molecule has 0 fully saturated rings. The molecule has 0 saturated carbocycles. The van der Waals surface area contributed by atoms with Gasteiger partial charge in [-0.2, -0.15) is 0 Å². The Morgan fingerprint density at radius 2 is 1.56 bits per heavy atom. The molecular formula is C21H17NO3. The number of aromatic carboxylic acids is 1. The van der Waals surface area contributed by atoms with Crippen LogP contribution in [0.5, 0.6) is 5.75 Å². The molecule has 3 aromatic rings. The fourth-order valence-electron chi connectivity index (χ4n) is 2.55. The highest BCUT2D eigenvalue weighted by Crippen LogP contribution is 2.32. The third-order valence-corrected chi connectivity index (χ3v) is 3.82. The van der Waals surface area contributed by atoms with Gasteiger partial charge in [-0.05, 0) is 47.5 Å². The molecule has 1 N–H and O–H groups in total. The van der Waals surface area contributed by atoms with Gasteiger partial charge in [-0.25, -0.2) is 4.79 Å². The Hall–Kier alpha value is -3.40. The van der Waals surface area contributed by atoms with E-state index in [1.54, 1.807) is 31.5 Å². The predicted molar refractivity (Wildman–Crippen MR) is 99.1 cm³/mol. The first kappa shape index (κ1) is 16.5. The van der Waals surface area contributed by atoms with Gasteiger partial charge in [-0.3, -0.25) is 4.99 Å². The van der Waals surface area contributed by atoms with Crippen LogP contribution in [0.4, 0.5) is 5.69 Å². The lowest BCUT2D eigenvalue weighted by molar-refractivity contribution is 0.0697. The molecule has 3 rings (SSSR count). The van der Waals surface area contributed by atoms with Gasteiger partial charge in [0.2, 0.25) is 0 Å². The second-order valence-corrected chi connectivity index (χ2v) is 5.40. The highest BCUT2D eigenvalue weighted by Gasteiger charge is 2.13. The number of benzene rings is 3. The number of para-hydroxylation sites is 1. The first-order chi connectivity index (χ1) is 12.2. The molecular weight excluding hydrogens is 314 g/mol. The molecule has 0 heterocycles. The quantitative estimate of drug-likeness (QED) is 0.682. The Labute approximate surface area is 146 Å². The van der Waals surface area contributed by atoms with Crippen LogP contribution in [0, 0.1) is 0 Å². The molecule has 0 aliphatic rings. The number of carboxylic acid groups (broad SMARTS) is 1. The first-order valence-electron chi connectivity index (χ1n) is 7.79. The van der Waals surface area contributed by atoms with Crippen LogP contribution < -0.4 is 4.74 Å². The van der Waals surface area contributed by atoms with Crippen molar-refractivity contribution in [2.75, 3.05) is 7.11 Å². The molecule has 0 aliphatic carbocycles. The maximum absolute atomic E-state index is 11.5. The first-order valence-corrected chi connectivity index (χ1v) is 7.79. The number of rotatable bonds is 5. The van der Waals surface area contributed by atoms with Crippen molar-refractivity contribution in [2.24, 2.45) is 4.99 Å². The van der Waals surface area contributed by atoms with Gasteiger partial charge < -0.3 is 9.84 Å². The number of hydrogen-bond acceptors (Lipinski definition) is 3. The van der Waals surface area contributed by atoms with Crippen LogP contribution in [0.2, 0.25) is 0 Å². The topological polar surface area (TPSA) is 58.9 Å². The number of hydrogen-bond donors (Lipinski definition) is 1. The SMILES string of the molecule is COc1ccc(C=Nc2ccccc2-c2ccccc2C(=O)O)cc1. The van der Waals surface area contributed by atoms with E-state index < -0.39 is 5.97 Å². The smallest absolute Gasteiger partial charge is 0.336 e. The third kappa shape index (κ3) is 3.75. The third-order valence-electron chi connectivity index (χ3n) is 3.82. The summed E-state index contributed by atoms with van der Waals surface area (Å²) in [6, 6.07) is 22.0. The molecule has 0 amide bonds. The van der Waals surface area contributed by atoms with E-state index in [-0.39, 0.29) is 5.56 Å². The fraction of sp³-hybridized carbons (Fsp3) is 0.0476.